The molecule has 0 bridgehead atoms. The first-order valence-electron chi connectivity index (χ1n) is 10.2. The summed E-state index contributed by atoms with van der Waals surface area (Å²) in [5.74, 6) is -2.75. The number of nitrogens with one attached hydrogen (secondary N) is 3. The lowest BCUT2D eigenvalue weighted by molar-refractivity contribution is -0.114. The Morgan fingerprint density at radius 2 is 1.51 bits per heavy atom. The lowest BCUT2D eigenvalue weighted by atomic mass is 9.93. The van der Waals surface area contributed by atoms with Crippen LogP contribution in [-0.4, -0.2) is 38.3 Å². The van der Waals surface area contributed by atoms with Crippen LogP contribution in [0.1, 0.15) is 33.2 Å². The second-order valence-electron chi connectivity index (χ2n) is 7.48. The smallest absolute Gasteiger partial charge is 0.355 e. The molecule has 0 spiro atoms. The van der Waals surface area contributed by atoms with Gasteiger partial charge in [-0.15, -0.1) is 0 Å². The predicted octanol–water partition coefficient (Wildman–Crippen LogP) is 2.96. The van der Waals surface area contributed by atoms with Crippen LogP contribution in [0.4, 0.5) is 11.4 Å². The SMILES string of the molecule is CC(=O)Nc1ccc(-c2ccccc2)c(C(=O)OS(C)(=O)=O)c1C(=O)Nc1ccc(C(=N)N)cc1. The summed E-state index contributed by atoms with van der Waals surface area (Å²) >= 11 is 0. The van der Waals surface area contributed by atoms with Crippen LogP contribution in [0.15, 0.2) is 66.7 Å². The molecule has 3 aromatic rings. The van der Waals surface area contributed by atoms with Crippen LogP contribution in [0.5, 0.6) is 0 Å². The Kier molecular flexibility index (Phi) is 7.31. The molecule has 0 saturated carbocycles. The number of benzene rings is 3. The molecule has 35 heavy (non-hydrogen) atoms. The molecule has 11 heteroatoms. The molecule has 3 rings (SSSR count). The normalized spacial score (nSPS) is 10.8. The second-order valence-corrected chi connectivity index (χ2v) is 9.05. The zero-order valence-corrected chi connectivity index (χ0v) is 19.6. The lowest BCUT2D eigenvalue weighted by Gasteiger charge is -2.18. The van der Waals surface area contributed by atoms with Crippen LogP contribution in [0.25, 0.3) is 11.1 Å². The van der Waals surface area contributed by atoms with Crippen molar-refractivity contribution in [2.75, 3.05) is 16.9 Å². The maximum atomic E-state index is 13.4. The number of nitrogen functional groups attached to an aromatic ring is 1. The van der Waals surface area contributed by atoms with Crippen LogP contribution < -0.4 is 16.4 Å². The Morgan fingerprint density at radius 1 is 0.886 bits per heavy atom. The van der Waals surface area contributed by atoms with Crippen molar-refractivity contribution in [1.82, 2.24) is 0 Å². The van der Waals surface area contributed by atoms with Gasteiger partial charge in [0.05, 0.1) is 23.1 Å². The van der Waals surface area contributed by atoms with E-state index >= 15 is 0 Å². The van der Waals surface area contributed by atoms with Gasteiger partial charge in [0.15, 0.2) is 0 Å². The Bertz CT molecular complexity index is 1420. The summed E-state index contributed by atoms with van der Waals surface area (Å²) in [6, 6.07) is 17.5. The highest BCUT2D eigenvalue weighted by atomic mass is 32.2. The van der Waals surface area contributed by atoms with Gasteiger partial charge in [0.25, 0.3) is 5.91 Å². The number of nitrogens with two attached hydrogens (primary N) is 1. The highest BCUT2D eigenvalue weighted by Gasteiger charge is 2.29. The number of carbonyl (C=O) groups excluding carboxylic acids is 3. The average molecular weight is 495 g/mol. The highest BCUT2D eigenvalue weighted by Crippen LogP contribution is 2.33. The highest BCUT2D eigenvalue weighted by molar-refractivity contribution is 7.86. The van der Waals surface area contributed by atoms with Gasteiger partial charge in [-0.1, -0.05) is 36.4 Å². The molecule has 5 N–H and O–H groups in total. The summed E-state index contributed by atoms with van der Waals surface area (Å²) in [4.78, 5) is 38.3. The molecule has 3 aromatic carbocycles. The van der Waals surface area contributed by atoms with Crippen molar-refractivity contribution in [3.63, 3.8) is 0 Å². The van der Waals surface area contributed by atoms with Gasteiger partial charge in [-0.2, -0.15) is 8.42 Å². The minimum absolute atomic E-state index is 0.0181. The van der Waals surface area contributed by atoms with Crippen LogP contribution in [0, 0.1) is 5.41 Å². The van der Waals surface area contributed by atoms with Crippen LogP contribution in [-0.2, 0) is 19.1 Å². The number of anilines is 2. The molecule has 0 aliphatic rings. The molecule has 180 valence electrons. The number of amidine groups is 1. The van der Waals surface area contributed by atoms with Gasteiger partial charge in [0, 0.05) is 18.2 Å². The maximum Gasteiger partial charge on any atom is 0.355 e. The summed E-state index contributed by atoms with van der Waals surface area (Å²) in [5.41, 5.74) is 6.29. The van der Waals surface area contributed by atoms with E-state index in [1.165, 1.54) is 43.3 Å². The molecular formula is C24H22N4O6S. The molecule has 2 amide bonds. The zero-order chi connectivity index (χ0) is 25.8. The van der Waals surface area contributed by atoms with Crippen molar-refractivity contribution in [2.24, 2.45) is 5.73 Å². The van der Waals surface area contributed by atoms with E-state index in [-0.39, 0.29) is 28.2 Å². The number of hydrogen-bond acceptors (Lipinski definition) is 7. The molecule has 0 atom stereocenters. The van der Waals surface area contributed by atoms with E-state index in [9.17, 15) is 22.8 Å². The average Bonchev–Trinajstić information content (AvgIpc) is 2.78. The first kappa shape index (κ1) is 25.1. The summed E-state index contributed by atoms with van der Waals surface area (Å²) in [6.45, 7) is 1.22. The molecule has 0 radical (unpaired) electrons. The van der Waals surface area contributed by atoms with E-state index in [1.54, 1.807) is 30.3 Å². The Balaban J connectivity index is 2.21. The van der Waals surface area contributed by atoms with Crippen LogP contribution >= 0.6 is 0 Å². The van der Waals surface area contributed by atoms with Crippen molar-refractivity contribution >= 4 is 45.1 Å². The van der Waals surface area contributed by atoms with Gasteiger partial charge in [0.1, 0.15) is 5.84 Å². The van der Waals surface area contributed by atoms with Gasteiger partial charge >= 0.3 is 16.1 Å². The fourth-order valence-electron chi connectivity index (χ4n) is 3.31. The maximum absolute atomic E-state index is 13.4. The van der Waals surface area contributed by atoms with E-state index in [0.29, 0.717) is 23.1 Å². The van der Waals surface area contributed by atoms with Gasteiger partial charge < -0.3 is 20.6 Å². The fourth-order valence-corrected chi connectivity index (χ4v) is 3.67. The molecule has 0 aromatic heterocycles. The van der Waals surface area contributed by atoms with Crippen molar-refractivity contribution in [3.8, 4) is 11.1 Å². The van der Waals surface area contributed by atoms with E-state index in [0.717, 1.165) is 0 Å². The zero-order valence-electron chi connectivity index (χ0n) is 18.8. The molecule has 0 aliphatic heterocycles. The fraction of sp³-hybridized carbons (Fsp3) is 0.0833. The van der Waals surface area contributed by atoms with Crippen molar-refractivity contribution in [2.45, 2.75) is 6.92 Å². The predicted molar refractivity (Wildman–Crippen MR) is 132 cm³/mol. The molecule has 0 fully saturated rings. The number of hydrogen-bond donors (Lipinski definition) is 4. The first-order valence-corrected chi connectivity index (χ1v) is 12.0. The topological polar surface area (TPSA) is 169 Å². The quantitative estimate of drug-likeness (QED) is 0.222. The number of amides is 2. The van der Waals surface area contributed by atoms with E-state index in [1.807, 2.05) is 0 Å². The van der Waals surface area contributed by atoms with Crippen molar-refractivity contribution < 1.29 is 27.0 Å². The molecule has 10 nitrogen and oxygen atoms in total. The van der Waals surface area contributed by atoms with E-state index in [4.69, 9.17) is 11.1 Å². The first-order chi connectivity index (χ1) is 16.5. The largest absolute Gasteiger partial charge is 0.384 e. The summed E-state index contributed by atoms with van der Waals surface area (Å²) in [5, 5.41) is 12.6. The Hall–Kier alpha value is -4.51. The number of carbonyl (C=O) groups is 3. The van der Waals surface area contributed by atoms with Crippen molar-refractivity contribution in [3.05, 3.63) is 83.4 Å². The number of rotatable bonds is 7. The lowest BCUT2D eigenvalue weighted by Crippen LogP contribution is -2.23. The molecular weight excluding hydrogens is 472 g/mol. The Morgan fingerprint density at radius 3 is 2.06 bits per heavy atom. The van der Waals surface area contributed by atoms with Gasteiger partial charge in [0.2, 0.25) is 5.91 Å². The molecule has 0 heterocycles. The van der Waals surface area contributed by atoms with Crippen LogP contribution in [0.2, 0.25) is 0 Å². The van der Waals surface area contributed by atoms with E-state index in [2.05, 4.69) is 14.8 Å². The monoisotopic (exact) mass is 494 g/mol. The molecule has 0 aliphatic carbocycles. The Labute approximate surface area is 201 Å². The third kappa shape index (κ3) is 6.30. The third-order valence-corrected chi connectivity index (χ3v) is 5.17. The molecule has 0 unspecified atom stereocenters. The summed E-state index contributed by atoms with van der Waals surface area (Å²) in [7, 11) is -4.22. The van der Waals surface area contributed by atoms with E-state index < -0.39 is 27.9 Å². The van der Waals surface area contributed by atoms with Gasteiger partial charge in [-0.3, -0.25) is 15.0 Å². The summed E-state index contributed by atoms with van der Waals surface area (Å²) < 4.78 is 28.1. The van der Waals surface area contributed by atoms with Gasteiger partial charge in [-0.25, -0.2) is 4.79 Å². The van der Waals surface area contributed by atoms with Gasteiger partial charge in [-0.05, 0) is 41.5 Å². The standard InChI is InChI=1S/C24H22N4O6S/c1-14(29)27-19-13-12-18(15-6-4-3-5-7-15)20(24(31)34-35(2,32)33)21(19)23(30)28-17-10-8-16(9-11-17)22(25)26/h3-13H,1-2H3,(H3,25,26)(H,27,29)(H,28,30). The second kappa shape index (κ2) is 10.2. The third-order valence-electron chi connectivity index (χ3n) is 4.71. The minimum atomic E-state index is -4.22. The molecule has 0 saturated heterocycles. The minimum Gasteiger partial charge on any atom is -0.384 e. The van der Waals surface area contributed by atoms with Crippen molar-refractivity contribution in [1.29, 1.82) is 5.41 Å². The summed E-state index contributed by atoms with van der Waals surface area (Å²) in [6.07, 6.45) is 0.709. The van der Waals surface area contributed by atoms with Crippen LogP contribution in [0.3, 0.4) is 0 Å².